The van der Waals surface area contributed by atoms with Crippen LogP contribution in [0.1, 0.15) is 63.1 Å². The topological polar surface area (TPSA) is 167 Å². The number of carbonyl (C=O) groups excluding carboxylic acids is 5. The molecule has 0 spiro atoms. The smallest absolute Gasteiger partial charge is 0.354 e. The molecule has 1 unspecified atom stereocenters. The summed E-state index contributed by atoms with van der Waals surface area (Å²) in [4.78, 5) is 73.5. The number of imide groups is 1. The molecule has 332 valence electrons. The molecule has 6 heterocycles. The van der Waals surface area contributed by atoms with Crippen LogP contribution < -0.4 is 20.9 Å². The van der Waals surface area contributed by atoms with Gasteiger partial charge in [-0.1, -0.05) is 11.8 Å². The lowest BCUT2D eigenvalue weighted by molar-refractivity contribution is -0.138. The summed E-state index contributed by atoms with van der Waals surface area (Å²) in [5.74, 6) is 5.36. The molecule has 0 saturated carbocycles. The summed E-state index contributed by atoms with van der Waals surface area (Å²) in [7, 11) is 1.76. The Morgan fingerprint density at radius 1 is 0.938 bits per heavy atom. The highest BCUT2D eigenvalue weighted by Gasteiger charge is 2.39. The number of aromatic nitrogens is 4. The van der Waals surface area contributed by atoms with Crippen molar-refractivity contribution in [2.24, 2.45) is 7.05 Å². The summed E-state index contributed by atoms with van der Waals surface area (Å²) in [6.45, 7) is 4.29. The number of piperidine rings is 1. The number of aryl methyl sites for hydroxylation is 1. The first-order chi connectivity index (χ1) is 31.3. The van der Waals surface area contributed by atoms with Crippen LogP contribution in [0.3, 0.4) is 0 Å². The van der Waals surface area contributed by atoms with Crippen molar-refractivity contribution in [1.82, 2.24) is 39.8 Å². The van der Waals surface area contributed by atoms with E-state index in [0.717, 1.165) is 67.0 Å². The summed E-state index contributed by atoms with van der Waals surface area (Å²) in [6.07, 6.45) is 0.554. The number of pyridine rings is 1. The van der Waals surface area contributed by atoms with Gasteiger partial charge in [0.25, 0.3) is 11.8 Å². The lowest BCUT2D eigenvalue weighted by Crippen LogP contribution is -2.52. The van der Waals surface area contributed by atoms with Crippen LogP contribution in [0.4, 0.5) is 24.7 Å². The Hall–Kier alpha value is -7.52. The highest BCUT2D eigenvalue weighted by atomic mass is 19.4. The Bertz CT molecular complexity index is 2920. The molecule has 3 aromatic carbocycles. The van der Waals surface area contributed by atoms with Crippen LogP contribution in [-0.4, -0.2) is 104 Å². The molecule has 1 atom stereocenters. The molecule has 9 rings (SSSR count). The average Bonchev–Trinajstić information content (AvgIpc) is 3.93. The van der Waals surface area contributed by atoms with Crippen LogP contribution in [0.15, 0.2) is 85.2 Å². The van der Waals surface area contributed by atoms with E-state index in [1.807, 2.05) is 18.3 Å². The number of nitrogens with zero attached hydrogens (tertiary/aromatic N) is 7. The van der Waals surface area contributed by atoms with E-state index in [-0.39, 0.29) is 49.6 Å². The molecule has 2 saturated heterocycles. The van der Waals surface area contributed by atoms with E-state index in [2.05, 4.69) is 47.7 Å². The highest BCUT2D eigenvalue weighted by molar-refractivity contribution is 6.11. The molecule has 2 fully saturated rings. The van der Waals surface area contributed by atoms with Crippen LogP contribution in [-0.2, 0) is 34.2 Å². The fourth-order valence-corrected chi connectivity index (χ4v) is 8.65. The molecular formula is C47H43F3N10O5. The van der Waals surface area contributed by atoms with E-state index in [4.69, 9.17) is 0 Å². The standard InChI is InChI=1S/C47H43F3N10O5/c1-56-28-37-36-25-30(7-14-38(36)60(43(37)55-56)34-11-8-32(9-12-34)47(48,49)50)44(63)51-18-2-4-29-6-16-40(52-26-29)58-22-20-57(21-23-58)19-3-5-41(61)53-33-10-13-35-31(24-33)27-59(46(35)65)39-15-17-42(62)54-45(39)64/h6-14,16,24-26,28,39H,3,5,15,17-23,27H2,1H3,(H,51,63)(H,53,61)(H,54,62,64). The normalized spacial score (nSPS) is 16.7. The Kier molecular flexibility index (Phi) is 11.6. The number of rotatable bonds is 10. The number of halogens is 3. The zero-order valence-corrected chi connectivity index (χ0v) is 35.2. The van der Waals surface area contributed by atoms with Gasteiger partial charge in [0.15, 0.2) is 5.65 Å². The Morgan fingerprint density at radius 3 is 2.48 bits per heavy atom. The molecule has 6 aromatic rings. The molecule has 3 aromatic heterocycles. The average molecular weight is 885 g/mol. The summed E-state index contributed by atoms with van der Waals surface area (Å²) in [6, 6.07) is 18.3. The molecule has 18 heteroatoms. The maximum absolute atomic E-state index is 13.2. The number of amides is 5. The van der Waals surface area contributed by atoms with Gasteiger partial charge in [-0.05, 0) is 97.7 Å². The van der Waals surface area contributed by atoms with Crippen LogP contribution in [0.2, 0.25) is 0 Å². The SMILES string of the molecule is Cn1cc2c3cc(C(=O)NCC#Cc4ccc(N5CCN(CCCC(=O)Nc6ccc7c(c6)CN(C6CCC(=O)NC6=O)C7=O)CC5)nc4)ccc3n(-c3ccc(C(F)(F)F)cc3)c2n1. The van der Waals surface area contributed by atoms with Crippen molar-refractivity contribution in [1.29, 1.82) is 0 Å². The van der Waals surface area contributed by atoms with Crippen molar-refractivity contribution in [2.45, 2.75) is 44.4 Å². The first-order valence-corrected chi connectivity index (χ1v) is 21.2. The van der Waals surface area contributed by atoms with Gasteiger partial charge in [0, 0.05) is 104 Å². The fourth-order valence-electron chi connectivity index (χ4n) is 8.65. The van der Waals surface area contributed by atoms with Crippen molar-refractivity contribution in [3.05, 3.63) is 113 Å². The highest BCUT2D eigenvalue weighted by Crippen LogP contribution is 2.35. The maximum Gasteiger partial charge on any atom is 0.416 e. The minimum Gasteiger partial charge on any atom is -0.354 e. The third kappa shape index (κ3) is 9.00. The predicted molar refractivity (Wildman–Crippen MR) is 235 cm³/mol. The van der Waals surface area contributed by atoms with Crippen LogP contribution >= 0.6 is 0 Å². The lowest BCUT2D eigenvalue weighted by atomic mass is 10.0. The van der Waals surface area contributed by atoms with Crippen molar-refractivity contribution < 1.29 is 37.1 Å². The van der Waals surface area contributed by atoms with Gasteiger partial charge in [-0.3, -0.25) is 43.4 Å². The molecule has 15 nitrogen and oxygen atoms in total. The number of hydrogen-bond acceptors (Lipinski definition) is 9. The quantitative estimate of drug-likeness (QED) is 0.127. The zero-order chi connectivity index (χ0) is 45.4. The van der Waals surface area contributed by atoms with Crippen LogP contribution in [0, 0.1) is 11.8 Å². The van der Waals surface area contributed by atoms with Crippen LogP contribution in [0.25, 0.3) is 27.6 Å². The number of alkyl halides is 3. The van der Waals surface area contributed by atoms with E-state index in [0.29, 0.717) is 52.1 Å². The predicted octanol–water partition coefficient (Wildman–Crippen LogP) is 5.01. The third-order valence-corrected chi connectivity index (χ3v) is 12.0. The molecule has 0 radical (unpaired) electrons. The van der Waals surface area contributed by atoms with Crippen molar-refractivity contribution in [3.63, 3.8) is 0 Å². The number of piperazine rings is 1. The van der Waals surface area contributed by atoms with Crippen molar-refractivity contribution in [3.8, 4) is 17.5 Å². The van der Waals surface area contributed by atoms with E-state index in [1.54, 1.807) is 58.9 Å². The monoisotopic (exact) mass is 884 g/mol. The summed E-state index contributed by atoms with van der Waals surface area (Å²) >= 11 is 0. The Balaban J connectivity index is 0.714. The number of nitrogens with one attached hydrogen (secondary N) is 3. The van der Waals surface area contributed by atoms with Gasteiger partial charge in [-0.15, -0.1) is 0 Å². The first-order valence-electron chi connectivity index (χ1n) is 21.2. The van der Waals surface area contributed by atoms with Crippen molar-refractivity contribution in [2.75, 3.05) is 49.5 Å². The second-order valence-electron chi connectivity index (χ2n) is 16.3. The Morgan fingerprint density at radius 2 is 1.74 bits per heavy atom. The second-order valence-corrected chi connectivity index (χ2v) is 16.3. The van der Waals surface area contributed by atoms with Crippen LogP contribution in [0.5, 0.6) is 0 Å². The Labute approximate surface area is 370 Å². The lowest BCUT2D eigenvalue weighted by Gasteiger charge is -2.35. The van der Waals surface area contributed by atoms with E-state index < -0.39 is 23.7 Å². The van der Waals surface area contributed by atoms with E-state index in [9.17, 15) is 37.1 Å². The number of anilines is 2. The van der Waals surface area contributed by atoms with Gasteiger partial charge in [0.05, 0.1) is 17.6 Å². The molecule has 5 amide bonds. The van der Waals surface area contributed by atoms with Gasteiger partial charge in [0.1, 0.15) is 11.9 Å². The maximum atomic E-state index is 13.2. The largest absolute Gasteiger partial charge is 0.416 e. The molecule has 3 N–H and O–H groups in total. The minimum atomic E-state index is -4.45. The van der Waals surface area contributed by atoms with E-state index in [1.165, 1.54) is 17.0 Å². The summed E-state index contributed by atoms with van der Waals surface area (Å²) in [5, 5.41) is 14.1. The second kappa shape index (κ2) is 17.6. The van der Waals surface area contributed by atoms with Gasteiger partial charge < -0.3 is 20.4 Å². The zero-order valence-electron chi connectivity index (χ0n) is 35.2. The number of benzene rings is 3. The fraction of sp³-hybridized carbons (Fsp3) is 0.298. The van der Waals surface area contributed by atoms with Crippen molar-refractivity contribution >= 4 is 63.0 Å². The number of hydrogen-bond donors (Lipinski definition) is 3. The first kappa shape index (κ1) is 42.8. The molecule has 3 aliphatic heterocycles. The van der Waals surface area contributed by atoms with E-state index >= 15 is 0 Å². The molecule has 65 heavy (non-hydrogen) atoms. The molecule has 3 aliphatic rings. The van der Waals surface area contributed by atoms with Gasteiger partial charge in [0.2, 0.25) is 17.7 Å². The third-order valence-electron chi connectivity index (χ3n) is 12.0. The summed E-state index contributed by atoms with van der Waals surface area (Å²) in [5.41, 5.74) is 3.95. The van der Waals surface area contributed by atoms with Gasteiger partial charge in [-0.25, -0.2) is 4.98 Å². The van der Waals surface area contributed by atoms with Gasteiger partial charge in [-0.2, -0.15) is 18.3 Å². The van der Waals surface area contributed by atoms with Gasteiger partial charge >= 0.3 is 6.18 Å². The number of carbonyl (C=O) groups is 5. The molecule has 0 aliphatic carbocycles. The minimum absolute atomic E-state index is 0.0976. The molecule has 0 bridgehead atoms. The molecular weight excluding hydrogens is 842 g/mol. The summed E-state index contributed by atoms with van der Waals surface area (Å²) < 4.78 is 43.1. The number of fused-ring (bicyclic) bond motifs is 4.